The van der Waals surface area contributed by atoms with Crippen LogP contribution in [-0.2, 0) is 4.74 Å². The van der Waals surface area contributed by atoms with Crippen LogP contribution < -0.4 is 5.32 Å². The highest BCUT2D eigenvalue weighted by molar-refractivity contribution is 5.89. The predicted molar refractivity (Wildman–Crippen MR) is 80.3 cm³/mol. The molecule has 0 spiro atoms. The third-order valence-corrected chi connectivity index (χ3v) is 2.95. The van der Waals surface area contributed by atoms with Crippen LogP contribution in [0.25, 0.3) is 0 Å². The van der Waals surface area contributed by atoms with Crippen LogP contribution in [0.15, 0.2) is 24.3 Å². The van der Waals surface area contributed by atoms with Gasteiger partial charge in [0.15, 0.2) is 0 Å². The van der Waals surface area contributed by atoms with Crippen molar-refractivity contribution in [1.29, 1.82) is 0 Å². The molecule has 6 heteroatoms. The molecule has 0 aliphatic heterocycles. The molecule has 1 aromatic rings. The van der Waals surface area contributed by atoms with Crippen molar-refractivity contribution in [3.63, 3.8) is 0 Å². The number of nitro groups is 1. The molecule has 1 rings (SSSR count). The Morgan fingerprint density at radius 2 is 1.90 bits per heavy atom. The lowest BCUT2D eigenvalue weighted by Gasteiger charge is -2.14. The van der Waals surface area contributed by atoms with E-state index in [0.717, 1.165) is 13.0 Å². The zero-order valence-corrected chi connectivity index (χ0v) is 12.7. The zero-order chi connectivity index (χ0) is 15.8. The smallest absolute Gasteiger partial charge is 0.338 e. The maximum absolute atomic E-state index is 11.9. The molecule has 0 aliphatic carbocycles. The number of non-ortho nitro benzene ring substituents is 1. The molecule has 0 heterocycles. The van der Waals surface area contributed by atoms with E-state index < -0.39 is 10.9 Å². The fourth-order valence-electron chi connectivity index (χ4n) is 1.71. The topological polar surface area (TPSA) is 81.5 Å². The Bertz CT molecular complexity index is 471. The molecule has 0 bridgehead atoms. The van der Waals surface area contributed by atoms with E-state index in [4.69, 9.17) is 4.74 Å². The summed E-state index contributed by atoms with van der Waals surface area (Å²) in [7, 11) is 0. The maximum Gasteiger partial charge on any atom is 0.338 e. The third-order valence-electron chi connectivity index (χ3n) is 2.95. The number of nitrogens with one attached hydrogen (secondary N) is 1. The zero-order valence-electron chi connectivity index (χ0n) is 12.7. The van der Waals surface area contributed by atoms with Gasteiger partial charge < -0.3 is 10.1 Å². The quantitative estimate of drug-likeness (QED) is 0.345. The standard InChI is InChI=1S/C15H22N2O4/c1-11(2)8-9-16-10-12(3)21-15(18)13-4-6-14(7-5-13)17(19)20/h4-7,11-12,16H,8-10H2,1-3H3/t12-/m0/s1. The number of rotatable bonds is 8. The summed E-state index contributed by atoms with van der Waals surface area (Å²) in [6.07, 6.45) is 0.822. The summed E-state index contributed by atoms with van der Waals surface area (Å²) in [6, 6.07) is 5.39. The van der Waals surface area contributed by atoms with Gasteiger partial charge in [0.05, 0.1) is 10.5 Å². The van der Waals surface area contributed by atoms with Crippen molar-refractivity contribution in [2.75, 3.05) is 13.1 Å². The normalized spacial score (nSPS) is 12.2. The van der Waals surface area contributed by atoms with E-state index in [1.807, 2.05) is 6.92 Å². The Labute approximate surface area is 124 Å². The highest BCUT2D eigenvalue weighted by Crippen LogP contribution is 2.13. The summed E-state index contributed by atoms with van der Waals surface area (Å²) in [5.74, 6) is 0.165. The van der Waals surface area contributed by atoms with Crippen LogP contribution in [0.2, 0.25) is 0 Å². The third kappa shape index (κ3) is 6.35. The monoisotopic (exact) mass is 294 g/mol. The minimum absolute atomic E-state index is 0.0463. The van der Waals surface area contributed by atoms with Crippen LogP contribution in [-0.4, -0.2) is 30.1 Å². The lowest BCUT2D eigenvalue weighted by Crippen LogP contribution is -2.30. The second-order valence-electron chi connectivity index (χ2n) is 5.41. The number of carbonyl (C=O) groups is 1. The first-order chi connectivity index (χ1) is 9.90. The molecular formula is C15H22N2O4. The predicted octanol–water partition coefficient (Wildman–Crippen LogP) is 2.78. The van der Waals surface area contributed by atoms with Gasteiger partial charge in [-0.05, 0) is 37.9 Å². The highest BCUT2D eigenvalue weighted by atomic mass is 16.6. The van der Waals surface area contributed by atoms with E-state index >= 15 is 0 Å². The van der Waals surface area contributed by atoms with Gasteiger partial charge in [0, 0.05) is 18.7 Å². The van der Waals surface area contributed by atoms with Gasteiger partial charge in [-0.1, -0.05) is 13.8 Å². The molecule has 116 valence electrons. The Balaban J connectivity index is 2.39. The second-order valence-corrected chi connectivity index (χ2v) is 5.41. The van der Waals surface area contributed by atoms with Gasteiger partial charge in [-0.15, -0.1) is 0 Å². The highest BCUT2D eigenvalue weighted by Gasteiger charge is 2.13. The summed E-state index contributed by atoms with van der Waals surface area (Å²) in [4.78, 5) is 21.9. The van der Waals surface area contributed by atoms with Crippen molar-refractivity contribution >= 4 is 11.7 Å². The average molecular weight is 294 g/mol. The average Bonchev–Trinajstić information content (AvgIpc) is 2.43. The van der Waals surface area contributed by atoms with Crippen LogP contribution in [0.5, 0.6) is 0 Å². The summed E-state index contributed by atoms with van der Waals surface area (Å²) < 4.78 is 5.27. The van der Waals surface area contributed by atoms with Crippen LogP contribution in [0.3, 0.4) is 0 Å². The summed E-state index contributed by atoms with van der Waals surface area (Å²) in [5.41, 5.74) is 0.268. The number of nitro benzene ring substituents is 1. The second kappa shape index (κ2) is 8.36. The van der Waals surface area contributed by atoms with Gasteiger partial charge in [-0.25, -0.2) is 4.79 Å². The number of benzene rings is 1. The molecule has 21 heavy (non-hydrogen) atoms. The molecule has 0 aliphatic rings. The largest absolute Gasteiger partial charge is 0.458 e. The van der Waals surface area contributed by atoms with Gasteiger partial charge in [-0.2, -0.15) is 0 Å². The molecule has 0 fully saturated rings. The lowest BCUT2D eigenvalue weighted by atomic mass is 10.1. The van der Waals surface area contributed by atoms with Crippen molar-refractivity contribution in [2.45, 2.75) is 33.3 Å². The van der Waals surface area contributed by atoms with Crippen molar-refractivity contribution < 1.29 is 14.5 Å². The molecule has 6 nitrogen and oxygen atoms in total. The Morgan fingerprint density at radius 1 is 1.29 bits per heavy atom. The first kappa shape index (κ1) is 17.1. The van der Waals surface area contributed by atoms with E-state index in [2.05, 4.69) is 19.2 Å². The Hall–Kier alpha value is -1.95. The fraction of sp³-hybridized carbons (Fsp3) is 0.533. The van der Waals surface area contributed by atoms with Crippen LogP contribution in [0.4, 0.5) is 5.69 Å². The Kier molecular flexibility index (Phi) is 6.81. The van der Waals surface area contributed by atoms with E-state index in [9.17, 15) is 14.9 Å². The number of ether oxygens (including phenoxy) is 1. The molecule has 0 saturated carbocycles. The van der Waals surface area contributed by atoms with Crippen LogP contribution in [0.1, 0.15) is 37.6 Å². The molecule has 0 saturated heterocycles. The minimum Gasteiger partial charge on any atom is -0.458 e. The van der Waals surface area contributed by atoms with E-state index in [-0.39, 0.29) is 11.8 Å². The van der Waals surface area contributed by atoms with E-state index in [0.29, 0.717) is 18.0 Å². The number of esters is 1. The summed E-state index contributed by atoms with van der Waals surface area (Å²) >= 11 is 0. The van der Waals surface area contributed by atoms with Gasteiger partial charge in [0.25, 0.3) is 5.69 Å². The van der Waals surface area contributed by atoms with Crippen molar-refractivity contribution in [1.82, 2.24) is 5.32 Å². The van der Waals surface area contributed by atoms with E-state index in [1.54, 1.807) is 0 Å². The fourth-order valence-corrected chi connectivity index (χ4v) is 1.71. The number of hydrogen-bond acceptors (Lipinski definition) is 5. The Morgan fingerprint density at radius 3 is 2.43 bits per heavy atom. The molecule has 0 amide bonds. The van der Waals surface area contributed by atoms with E-state index in [1.165, 1.54) is 24.3 Å². The minimum atomic E-state index is -0.504. The van der Waals surface area contributed by atoms with Crippen molar-refractivity contribution in [2.24, 2.45) is 5.92 Å². The van der Waals surface area contributed by atoms with Crippen LogP contribution >= 0.6 is 0 Å². The first-order valence-corrected chi connectivity index (χ1v) is 7.06. The molecule has 0 radical (unpaired) electrons. The van der Waals surface area contributed by atoms with Crippen molar-refractivity contribution in [3.05, 3.63) is 39.9 Å². The van der Waals surface area contributed by atoms with Crippen LogP contribution in [0, 0.1) is 16.0 Å². The molecular weight excluding hydrogens is 272 g/mol. The molecule has 0 aromatic heterocycles. The molecule has 1 atom stereocenters. The first-order valence-electron chi connectivity index (χ1n) is 7.06. The maximum atomic E-state index is 11.9. The summed E-state index contributed by atoms with van der Waals surface area (Å²) in [5, 5.41) is 13.8. The molecule has 1 N–H and O–H groups in total. The molecule has 1 aromatic carbocycles. The van der Waals surface area contributed by atoms with Gasteiger partial charge in [0.1, 0.15) is 6.10 Å². The van der Waals surface area contributed by atoms with Gasteiger partial charge in [0.2, 0.25) is 0 Å². The number of hydrogen-bond donors (Lipinski definition) is 1. The number of nitrogens with zero attached hydrogens (tertiary/aromatic N) is 1. The van der Waals surface area contributed by atoms with Gasteiger partial charge >= 0.3 is 5.97 Å². The lowest BCUT2D eigenvalue weighted by molar-refractivity contribution is -0.384. The molecule has 0 unspecified atom stereocenters. The number of carbonyl (C=O) groups excluding carboxylic acids is 1. The SMILES string of the molecule is CC(C)CCNC[C@H](C)OC(=O)c1ccc([N+](=O)[O-])cc1. The van der Waals surface area contributed by atoms with Crippen molar-refractivity contribution in [3.8, 4) is 0 Å². The van der Waals surface area contributed by atoms with Gasteiger partial charge in [-0.3, -0.25) is 10.1 Å². The summed E-state index contributed by atoms with van der Waals surface area (Å²) in [6.45, 7) is 7.59.